The van der Waals surface area contributed by atoms with E-state index < -0.39 is 35.3 Å². The molecule has 0 aliphatic carbocycles. The van der Waals surface area contributed by atoms with Crippen LogP contribution in [0.25, 0.3) is 11.0 Å². The van der Waals surface area contributed by atoms with Gasteiger partial charge in [-0.2, -0.15) is 13.2 Å². The summed E-state index contributed by atoms with van der Waals surface area (Å²) in [5, 5.41) is 5.02. The van der Waals surface area contributed by atoms with E-state index in [1.54, 1.807) is 12.1 Å². The number of anilines is 1. The summed E-state index contributed by atoms with van der Waals surface area (Å²) >= 11 is 0. The molecule has 1 aliphatic heterocycles. The van der Waals surface area contributed by atoms with Gasteiger partial charge in [0.15, 0.2) is 0 Å². The zero-order valence-electron chi connectivity index (χ0n) is 18.4. The van der Waals surface area contributed by atoms with Gasteiger partial charge in [0.05, 0.1) is 18.8 Å². The van der Waals surface area contributed by atoms with Gasteiger partial charge in [0.25, 0.3) is 0 Å². The molecule has 4 rings (SSSR count). The third-order valence-corrected chi connectivity index (χ3v) is 5.51. The molecular formula is C24H22F3N3O5. The second-order valence-corrected chi connectivity index (χ2v) is 7.97. The van der Waals surface area contributed by atoms with Gasteiger partial charge < -0.3 is 24.7 Å². The van der Waals surface area contributed by atoms with Crippen LogP contribution in [0, 0.1) is 0 Å². The van der Waals surface area contributed by atoms with E-state index in [2.05, 4.69) is 10.6 Å². The number of urea groups is 1. The highest BCUT2D eigenvalue weighted by molar-refractivity contribution is 5.98. The number of nitrogens with zero attached hydrogens (tertiary/aromatic N) is 1. The van der Waals surface area contributed by atoms with Gasteiger partial charge in [0.2, 0.25) is 5.91 Å². The lowest BCUT2D eigenvalue weighted by Gasteiger charge is -2.29. The summed E-state index contributed by atoms with van der Waals surface area (Å²) in [5.74, 6) is -0.580. The lowest BCUT2D eigenvalue weighted by molar-refractivity contribution is -0.136. The molecule has 184 valence electrons. The molecule has 0 radical (unpaired) electrons. The Labute approximate surface area is 197 Å². The van der Waals surface area contributed by atoms with Gasteiger partial charge in [0.1, 0.15) is 11.6 Å². The largest absolute Gasteiger partial charge is 0.423 e. The summed E-state index contributed by atoms with van der Waals surface area (Å²) in [6.45, 7) is 1.56. The Balaban J connectivity index is 1.57. The first kappa shape index (κ1) is 24.3. The van der Waals surface area contributed by atoms with Crippen molar-refractivity contribution in [2.45, 2.75) is 18.6 Å². The maximum absolute atomic E-state index is 13.3. The van der Waals surface area contributed by atoms with Crippen LogP contribution in [0.4, 0.5) is 23.7 Å². The fourth-order valence-corrected chi connectivity index (χ4v) is 3.77. The van der Waals surface area contributed by atoms with Gasteiger partial charge >= 0.3 is 17.8 Å². The third kappa shape index (κ3) is 5.99. The first-order valence-corrected chi connectivity index (χ1v) is 10.8. The van der Waals surface area contributed by atoms with Gasteiger partial charge in [-0.15, -0.1) is 0 Å². The van der Waals surface area contributed by atoms with Crippen LogP contribution in [-0.4, -0.2) is 49.2 Å². The molecule has 11 heteroatoms. The molecule has 1 unspecified atom stereocenters. The topological polar surface area (TPSA) is 101 Å². The summed E-state index contributed by atoms with van der Waals surface area (Å²) in [4.78, 5) is 39.0. The van der Waals surface area contributed by atoms with Gasteiger partial charge in [-0.1, -0.05) is 30.3 Å². The van der Waals surface area contributed by atoms with Crippen molar-refractivity contribution in [3.63, 3.8) is 0 Å². The molecule has 8 nitrogen and oxygen atoms in total. The van der Waals surface area contributed by atoms with Crippen molar-refractivity contribution in [3.8, 4) is 0 Å². The van der Waals surface area contributed by atoms with Gasteiger partial charge in [-0.25, -0.2) is 9.59 Å². The molecule has 1 atom stereocenters. The number of morpholine rings is 1. The average Bonchev–Trinajstić information content (AvgIpc) is 2.83. The zero-order chi connectivity index (χ0) is 25.0. The number of carbonyl (C=O) groups is 2. The number of fused-ring (bicyclic) bond motifs is 1. The maximum Gasteiger partial charge on any atom is 0.417 e. The van der Waals surface area contributed by atoms with Crippen molar-refractivity contribution in [2.75, 3.05) is 31.6 Å². The van der Waals surface area contributed by atoms with E-state index >= 15 is 0 Å². The Morgan fingerprint density at radius 1 is 1.03 bits per heavy atom. The predicted molar refractivity (Wildman–Crippen MR) is 121 cm³/mol. The normalized spacial score (nSPS) is 15.0. The number of nitrogens with one attached hydrogen (secondary N) is 2. The molecule has 1 saturated heterocycles. The summed E-state index contributed by atoms with van der Waals surface area (Å²) < 4.78 is 50.1. The van der Waals surface area contributed by atoms with Crippen LogP contribution in [0.2, 0.25) is 0 Å². The highest BCUT2D eigenvalue weighted by atomic mass is 19.4. The summed E-state index contributed by atoms with van der Waals surface area (Å²) in [7, 11) is 0. The molecule has 3 amide bonds. The number of rotatable bonds is 5. The maximum atomic E-state index is 13.3. The number of carbonyl (C=O) groups excluding carboxylic acids is 2. The lowest BCUT2D eigenvalue weighted by atomic mass is 10.0. The van der Waals surface area contributed by atoms with Crippen molar-refractivity contribution in [2.24, 2.45) is 0 Å². The highest BCUT2D eigenvalue weighted by Gasteiger charge is 2.34. The molecule has 2 aromatic carbocycles. The Morgan fingerprint density at radius 3 is 2.43 bits per heavy atom. The quantitative estimate of drug-likeness (QED) is 0.535. The van der Waals surface area contributed by atoms with Crippen molar-refractivity contribution < 1.29 is 31.9 Å². The highest BCUT2D eigenvalue weighted by Crippen LogP contribution is 2.34. The number of hydrogen-bond donors (Lipinski definition) is 2. The molecular weight excluding hydrogens is 467 g/mol. The minimum absolute atomic E-state index is 0.114. The van der Waals surface area contributed by atoms with Gasteiger partial charge in [0, 0.05) is 42.7 Å². The van der Waals surface area contributed by atoms with E-state index in [0.717, 1.165) is 17.7 Å². The lowest BCUT2D eigenvalue weighted by Crippen LogP contribution is -2.53. The molecule has 2 N–H and O–H groups in total. The van der Waals surface area contributed by atoms with Crippen molar-refractivity contribution >= 4 is 28.6 Å². The summed E-state index contributed by atoms with van der Waals surface area (Å²) in [6, 6.07) is 11.6. The third-order valence-electron chi connectivity index (χ3n) is 5.51. The molecule has 0 bridgehead atoms. The zero-order valence-corrected chi connectivity index (χ0v) is 18.4. The van der Waals surface area contributed by atoms with Crippen LogP contribution in [0.1, 0.15) is 11.1 Å². The standard InChI is InChI=1S/C24H22F3N3O5/c25-24(26,27)18-14-21(31)35-20-13-16(6-7-17(18)20)28-22(32)19(12-15-4-2-1-3-5-15)29-23(33)30-8-10-34-11-9-30/h1-7,13-14,19H,8-12H2,(H,28,32)(H,29,33). The van der Waals surface area contributed by atoms with Gasteiger partial charge in [-0.3, -0.25) is 4.79 Å². The van der Waals surface area contributed by atoms with E-state index in [-0.39, 0.29) is 23.1 Å². The van der Waals surface area contributed by atoms with E-state index in [0.29, 0.717) is 32.4 Å². The van der Waals surface area contributed by atoms with Crippen LogP contribution in [0.5, 0.6) is 0 Å². The molecule has 1 fully saturated rings. The van der Waals surface area contributed by atoms with Crippen molar-refractivity contribution in [3.05, 3.63) is 76.1 Å². The second-order valence-electron chi connectivity index (χ2n) is 7.97. The minimum atomic E-state index is -4.75. The van der Waals surface area contributed by atoms with E-state index in [1.807, 2.05) is 18.2 Å². The smallest absolute Gasteiger partial charge is 0.417 e. The first-order chi connectivity index (χ1) is 16.7. The van der Waals surface area contributed by atoms with Crippen LogP contribution >= 0.6 is 0 Å². The molecule has 1 aromatic heterocycles. The molecule has 2 heterocycles. The van der Waals surface area contributed by atoms with E-state index in [9.17, 15) is 27.6 Å². The summed E-state index contributed by atoms with van der Waals surface area (Å²) in [5.41, 5.74) is -1.69. The SMILES string of the molecule is O=C(Nc1ccc2c(C(F)(F)F)cc(=O)oc2c1)C(Cc1ccccc1)NC(=O)N1CCOCC1. The van der Waals surface area contributed by atoms with E-state index in [1.165, 1.54) is 11.0 Å². The van der Waals surface area contributed by atoms with Crippen LogP contribution in [0.3, 0.4) is 0 Å². The Morgan fingerprint density at radius 2 is 1.74 bits per heavy atom. The molecule has 35 heavy (non-hydrogen) atoms. The second kappa shape index (κ2) is 10.2. The Kier molecular flexibility index (Phi) is 7.06. The van der Waals surface area contributed by atoms with Crippen molar-refractivity contribution in [1.29, 1.82) is 0 Å². The molecule has 0 spiro atoms. The molecule has 3 aromatic rings. The Hall–Kier alpha value is -3.86. The predicted octanol–water partition coefficient (Wildman–Crippen LogP) is 3.40. The van der Waals surface area contributed by atoms with Crippen LogP contribution in [-0.2, 0) is 22.1 Å². The van der Waals surface area contributed by atoms with E-state index in [4.69, 9.17) is 9.15 Å². The van der Waals surface area contributed by atoms with Crippen LogP contribution < -0.4 is 16.3 Å². The number of halogens is 3. The Bertz CT molecular complexity index is 1270. The summed E-state index contributed by atoms with van der Waals surface area (Å²) in [6.07, 6.45) is -4.56. The molecule has 1 aliphatic rings. The number of ether oxygens (including phenoxy) is 1. The van der Waals surface area contributed by atoms with Gasteiger partial charge in [-0.05, 0) is 17.7 Å². The fourth-order valence-electron chi connectivity index (χ4n) is 3.77. The number of benzene rings is 2. The number of hydrogen-bond acceptors (Lipinski definition) is 5. The molecule has 0 saturated carbocycles. The number of alkyl halides is 3. The minimum Gasteiger partial charge on any atom is -0.423 e. The van der Waals surface area contributed by atoms with Crippen LogP contribution in [0.15, 0.2) is 63.8 Å². The number of amides is 3. The first-order valence-electron chi connectivity index (χ1n) is 10.8. The van der Waals surface area contributed by atoms with Crippen molar-refractivity contribution in [1.82, 2.24) is 10.2 Å². The average molecular weight is 489 g/mol. The monoisotopic (exact) mass is 489 g/mol. The fraction of sp³-hybridized carbons (Fsp3) is 0.292.